The predicted octanol–water partition coefficient (Wildman–Crippen LogP) is 2.51. The van der Waals surface area contributed by atoms with Gasteiger partial charge in [-0.25, -0.2) is 4.98 Å². The highest BCUT2D eigenvalue weighted by atomic mass is 127. The Labute approximate surface area is 153 Å². The number of aliphatic imine (C=N–C) groups is 1. The van der Waals surface area contributed by atoms with Crippen LogP contribution in [0.1, 0.15) is 30.5 Å². The molecular formula is C15H25IN4OS. The normalized spacial score (nSPS) is 24.8. The fourth-order valence-electron chi connectivity index (χ4n) is 3.18. The van der Waals surface area contributed by atoms with Crippen molar-refractivity contribution in [2.45, 2.75) is 32.7 Å². The Morgan fingerprint density at radius 3 is 3.05 bits per heavy atom. The Balaban J connectivity index is 0.00000176. The molecule has 7 heteroatoms. The van der Waals surface area contributed by atoms with Crippen LogP contribution in [-0.2, 0) is 17.7 Å². The number of aromatic nitrogens is 1. The molecule has 0 amide bonds. The van der Waals surface area contributed by atoms with E-state index in [2.05, 4.69) is 32.5 Å². The number of hydrogen-bond acceptors (Lipinski definition) is 4. The first kappa shape index (κ1) is 17.9. The number of thiazole rings is 1. The summed E-state index contributed by atoms with van der Waals surface area (Å²) in [4.78, 5) is 11.4. The van der Waals surface area contributed by atoms with E-state index in [1.54, 1.807) is 11.3 Å². The summed E-state index contributed by atoms with van der Waals surface area (Å²) in [6, 6.07) is 0. The molecule has 3 rings (SSSR count). The molecule has 5 nitrogen and oxygen atoms in total. The lowest BCUT2D eigenvalue weighted by Gasteiger charge is -2.24. The summed E-state index contributed by atoms with van der Waals surface area (Å²) in [5, 5.41) is 6.78. The summed E-state index contributed by atoms with van der Waals surface area (Å²) in [5.41, 5.74) is 1.48. The van der Waals surface area contributed by atoms with Gasteiger partial charge in [0.25, 0.3) is 0 Å². The predicted molar refractivity (Wildman–Crippen MR) is 101 cm³/mol. The summed E-state index contributed by atoms with van der Waals surface area (Å²) in [7, 11) is 1.86. The van der Waals surface area contributed by atoms with Crippen molar-refractivity contribution in [2.24, 2.45) is 10.4 Å². The van der Waals surface area contributed by atoms with Crippen molar-refractivity contribution < 1.29 is 4.74 Å². The smallest absolute Gasteiger partial charge is 0.193 e. The molecule has 0 aromatic carbocycles. The van der Waals surface area contributed by atoms with E-state index in [9.17, 15) is 0 Å². The summed E-state index contributed by atoms with van der Waals surface area (Å²) in [6.07, 6.45) is 3.41. The molecule has 1 spiro atoms. The van der Waals surface area contributed by atoms with E-state index in [-0.39, 0.29) is 24.0 Å². The third-order valence-corrected chi connectivity index (χ3v) is 5.51. The van der Waals surface area contributed by atoms with Gasteiger partial charge < -0.3 is 15.0 Å². The van der Waals surface area contributed by atoms with E-state index in [0.29, 0.717) is 5.41 Å². The van der Waals surface area contributed by atoms with Crippen LogP contribution in [0.25, 0.3) is 0 Å². The van der Waals surface area contributed by atoms with Crippen molar-refractivity contribution in [2.75, 3.05) is 33.4 Å². The van der Waals surface area contributed by atoms with Gasteiger partial charge in [-0.2, -0.15) is 0 Å². The van der Waals surface area contributed by atoms with Gasteiger partial charge in [0.2, 0.25) is 0 Å². The van der Waals surface area contributed by atoms with Crippen LogP contribution < -0.4 is 5.32 Å². The topological polar surface area (TPSA) is 49.8 Å². The van der Waals surface area contributed by atoms with Crippen LogP contribution in [0.15, 0.2) is 10.4 Å². The van der Waals surface area contributed by atoms with E-state index in [4.69, 9.17) is 4.74 Å². The Hall–Kier alpha value is -0.410. The standard InChI is InChI=1S/C15H24N4OS.HI/c1-3-13-18-12(9-21-13)8-17-14(16-2)19-6-4-15(10-19)5-7-20-11-15;/h9H,3-8,10-11H2,1-2H3,(H,16,17);1H. The van der Waals surface area contributed by atoms with Crippen molar-refractivity contribution >= 4 is 41.3 Å². The van der Waals surface area contributed by atoms with Crippen LogP contribution in [0.3, 0.4) is 0 Å². The summed E-state index contributed by atoms with van der Waals surface area (Å²) in [6.45, 7) is 6.85. The van der Waals surface area contributed by atoms with Crippen molar-refractivity contribution in [3.8, 4) is 0 Å². The monoisotopic (exact) mass is 436 g/mol. The lowest BCUT2D eigenvalue weighted by Crippen LogP contribution is -2.41. The average Bonchev–Trinajstić information content (AvgIpc) is 3.23. The Bertz CT molecular complexity index is 513. The second-order valence-corrected chi connectivity index (χ2v) is 6.90. The van der Waals surface area contributed by atoms with Gasteiger partial charge in [-0.05, 0) is 19.3 Å². The fraction of sp³-hybridized carbons (Fsp3) is 0.733. The van der Waals surface area contributed by atoms with Gasteiger partial charge in [-0.3, -0.25) is 4.99 Å². The molecule has 124 valence electrons. The SMILES string of the molecule is CCc1nc(CNC(=NC)N2CCC3(CCOC3)C2)cs1.I. The molecular weight excluding hydrogens is 411 g/mol. The van der Waals surface area contributed by atoms with Crippen LogP contribution >= 0.6 is 35.3 Å². The number of ether oxygens (including phenoxy) is 1. The maximum absolute atomic E-state index is 5.59. The Morgan fingerprint density at radius 2 is 2.41 bits per heavy atom. The zero-order valence-electron chi connectivity index (χ0n) is 13.3. The van der Waals surface area contributed by atoms with Crippen LogP contribution in [0.5, 0.6) is 0 Å². The highest BCUT2D eigenvalue weighted by Crippen LogP contribution is 2.38. The summed E-state index contributed by atoms with van der Waals surface area (Å²) in [5.74, 6) is 0.991. The molecule has 2 fully saturated rings. The highest BCUT2D eigenvalue weighted by Gasteiger charge is 2.42. The van der Waals surface area contributed by atoms with Crippen LogP contribution in [0.4, 0.5) is 0 Å². The minimum absolute atomic E-state index is 0. The number of guanidine groups is 1. The van der Waals surface area contributed by atoms with Gasteiger partial charge >= 0.3 is 0 Å². The van der Waals surface area contributed by atoms with E-state index < -0.39 is 0 Å². The third kappa shape index (κ3) is 3.91. The number of nitrogens with one attached hydrogen (secondary N) is 1. The molecule has 2 saturated heterocycles. The van der Waals surface area contributed by atoms with Crippen molar-refractivity contribution in [1.82, 2.24) is 15.2 Å². The van der Waals surface area contributed by atoms with E-state index in [0.717, 1.165) is 50.9 Å². The maximum Gasteiger partial charge on any atom is 0.193 e. The van der Waals surface area contributed by atoms with Gasteiger partial charge in [-0.15, -0.1) is 35.3 Å². The first-order valence-electron chi connectivity index (χ1n) is 7.71. The largest absolute Gasteiger partial charge is 0.381 e. The molecule has 22 heavy (non-hydrogen) atoms. The molecule has 1 aromatic rings. The number of rotatable bonds is 3. The molecule has 2 aliphatic rings. The molecule has 3 heterocycles. The van der Waals surface area contributed by atoms with Gasteiger partial charge in [-0.1, -0.05) is 6.92 Å². The fourth-order valence-corrected chi connectivity index (χ4v) is 3.93. The zero-order chi connectivity index (χ0) is 14.7. The summed E-state index contributed by atoms with van der Waals surface area (Å²) >= 11 is 1.74. The molecule has 0 radical (unpaired) electrons. The molecule has 2 aliphatic heterocycles. The number of halogens is 1. The number of likely N-dealkylation sites (tertiary alicyclic amines) is 1. The van der Waals surface area contributed by atoms with Crippen LogP contribution in [-0.4, -0.2) is 49.2 Å². The average molecular weight is 436 g/mol. The highest BCUT2D eigenvalue weighted by molar-refractivity contribution is 14.0. The van der Waals surface area contributed by atoms with Crippen molar-refractivity contribution in [3.63, 3.8) is 0 Å². The first-order valence-corrected chi connectivity index (χ1v) is 8.59. The lowest BCUT2D eigenvalue weighted by atomic mass is 9.87. The molecule has 0 saturated carbocycles. The Kier molecular flexibility index (Phi) is 6.46. The molecule has 1 atom stereocenters. The lowest BCUT2D eigenvalue weighted by molar-refractivity contribution is 0.156. The number of nitrogens with zero attached hydrogens (tertiary/aromatic N) is 3. The number of aryl methyl sites for hydroxylation is 1. The maximum atomic E-state index is 5.59. The van der Waals surface area contributed by atoms with Gasteiger partial charge in [0.05, 0.1) is 23.9 Å². The number of hydrogen-bond donors (Lipinski definition) is 1. The van der Waals surface area contributed by atoms with E-state index in [1.165, 1.54) is 17.8 Å². The molecule has 0 aliphatic carbocycles. The quantitative estimate of drug-likeness (QED) is 0.450. The van der Waals surface area contributed by atoms with E-state index in [1.807, 2.05) is 7.05 Å². The van der Waals surface area contributed by atoms with Crippen molar-refractivity contribution in [1.29, 1.82) is 0 Å². The van der Waals surface area contributed by atoms with Crippen LogP contribution in [0, 0.1) is 5.41 Å². The minimum atomic E-state index is 0. The van der Waals surface area contributed by atoms with Gasteiger partial charge in [0.1, 0.15) is 0 Å². The molecule has 1 aromatic heterocycles. The van der Waals surface area contributed by atoms with Gasteiger partial charge in [0, 0.05) is 37.5 Å². The summed E-state index contributed by atoms with van der Waals surface area (Å²) < 4.78 is 5.59. The Morgan fingerprint density at radius 1 is 1.55 bits per heavy atom. The van der Waals surface area contributed by atoms with Gasteiger partial charge in [0.15, 0.2) is 5.96 Å². The van der Waals surface area contributed by atoms with Crippen LogP contribution in [0.2, 0.25) is 0 Å². The second kappa shape index (κ2) is 7.92. The van der Waals surface area contributed by atoms with E-state index >= 15 is 0 Å². The molecule has 1 N–H and O–H groups in total. The zero-order valence-corrected chi connectivity index (χ0v) is 16.4. The second-order valence-electron chi connectivity index (χ2n) is 5.96. The molecule has 0 bridgehead atoms. The first-order chi connectivity index (χ1) is 10.2. The van der Waals surface area contributed by atoms with Crippen molar-refractivity contribution in [3.05, 3.63) is 16.1 Å². The third-order valence-electron chi connectivity index (χ3n) is 4.46. The minimum Gasteiger partial charge on any atom is -0.381 e. The molecule has 1 unspecified atom stereocenters.